The molecule has 0 aliphatic carbocycles. The molecule has 0 spiro atoms. The number of nitrogens with two attached hydrogens (primary N) is 1. The Kier molecular flexibility index (Phi) is 5.00. The second kappa shape index (κ2) is 6.13. The van der Waals surface area contributed by atoms with E-state index in [1.807, 2.05) is 20.8 Å². The lowest BCUT2D eigenvalue weighted by molar-refractivity contribution is -0.130. The van der Waals surface area contributed by atoms with Crippen LogP contribution in [0.1, 0.15) is 38.1 Å². The Balaban J connectivity index is 2.78. The minimum atomic E-state index is -0.933. The number of benzene rings is 1. The number of anilines is 1. The third kappa shape index (κ3) is 4.42. The normalized spacial score (nSPS) is 12.7. The zero-order chi connectivity index (χ0) is 15.5. The fraction of sp³-hybridized carbons (Fsp3) is 0.429. The topological polar surface area (TPSA) is 81.4 Å². The van der Waals surface area contributed by atoms with Crippen molar-refractivity contribution in [1.29, 1.82) is 0 Å². The van der Waals surface area contributed by atoms with Crippen molar-refractivity contribution in [2.75, 3.05) is 5.73 Å². The van der Waals surface area contributed by atoms with E-state index < -0.39 is 17.6 Å². The summed E-state index contributed by atoms with van der Waals surface area (Å²) in [5.74, 6) is -1.10. The summed E-state index contributed by atoms with van der Waals surface area (Å²) >= 11 is 5.91. The molecule has 1 amide bonds. The highest BCUT2D eigenvalue weighted by molar-refractivity contribution is 6.34. The highest BCUT2D eigenvalue weighted by Crippen LogP contribution is 2.23. The van der Waals surface area contributed by atoms with Crippen molar-refractivity contribution in [1.82, 2.24) is 5.32 Å². The number of hydrogen-bond acceptors (Lipinski definition) is 4. The number of amides is 1. The molecular weight excluding hydrogens is 280 g/mol. The molecule has 6 heteroatoms. The van der Waals surface area contributed by atoms with Gasteiger partial charge in [-0.15, -0.1) is 0 Å². The van der Waals surface area contributed by atoms with Crippen LogP contribution in [0.5, 0.6) is 0 Å². The van der Waals surface area contributed by atoms with E-state index in [1.165, 1.54) is 13.0 Å². The van der Waals surface area contributed by atoms with E-state index in [1.54, 1.807) is 12.1 Å². The molecule has 0 fully saturated rings. The van der Waals surface area contributed by atoms with Crippen molar-refractivity contribution in [3.8, 4) is 0 Å². The summed E-state index contributed by atoms with van der Waals surface area (Å²) in [4.78, 5) is 23.8. The van der Waals surface area contributed by atoms with E-state index >= 15 is 0 Å². The van der Waals surface area contributed by atoms with Crippen LogP contribution in [-0.2, 0) is 9.53 Å². The van der Waals surface area contributed by atoms with Gasteiger partial charge in [-0.1, -0.05) is 17.7 Å². The standard InChI is InChI=1S/C14H19ClN2O3/c1-8(12(18)17-14(2,3)4)20-13(19)11-9(15)6-5-7-10(11)16/h5-8H,16H2,1-4H3,(H,17,18). The van der Waals surface area contributed by atoms with Gasteiger partial charge in [0.05, 0.1) is 5.02 Å². The van der Waals surface area contributed by atoms with Crippen molar-refractivity contribution in [3.05, 3.63) is 28.8 Å². The number of rotatable bonds is 3. The maximum atomic E-state index is 12.0. The Hall–Kier alpha value is -1.75. The zero-order valence-corrected chi connectivity index (χ0v) is 12.7. The highest BCUT2D eigenvalue weighted by atomic mass is 35.5. The monoisotopic (exact) mass is 298 g/mol. The van der Waals surface area contributed by atoms with Gasteiger partial charge in [-0.3, -0.25) is 4.79 Å². The summed E-state index contributed by atoms with van der Waals surface area (Å²) in [6.45, 7) is 7.01. The molecule has 0 aliphatic rings. The summed E-state index contributed by atoms with van der Waals surface area (Å²) in [6, 6.07) is 4.71. The average Bonchev–Trinajstić information content (AvgIpc) is 2.26. The second-order valence-electron chi connectivity index (χ2n) is 5.49. The quantitative estimate of drug-likeness (QED) is 0.663. The van der Waals surface area contributed by atoms with Gasteiger partial charge in [-0.2, -0.15) is 0 Å². The number of nitrogens with one attached hydrogen (secondary N) is 1. The largest absolute Gasteiger partial charge is 0.449 e. The van der Waals surface area contributed by atoms with Gasteiger partial charge in [0, 0.05) is 11.2 Å². The molecule has 0 radical (unpaired) electrons. The van der Waals surface area contributed by atoms with Gasteiger partial charge in [-0.25, -0.2) is 4.79 Å². The van der Waals surface area contributed by atoms with Gasteiger partial charge in [0.2, 0.25) is 0 Å². The number of ether oxygens (including phenoxy) is 1. The van der Waals surface area contributed by atoms with E-state index in [4.69, 9.17) is 22.1 Å². The summed E-state index contributed by atoms with van der Waals surface area (Å²) in [5, 5.41) is 2.92. The van der Waals surface area contributed by atoms with Crippen LogP contribution in [0, 0.1) is 0 Å². The first-order valence-corrected chi connectivity index (χ1v) is 6.56. The summed E-state index contributed by atoms with van der Waals surface area (Å²) in [7, 11) is 0. The van der Waals surface area contributed by atoms with E-state index in [-0.39, 0.29) is 22.2 Å². The second-order valence-corrected chi connectivity index (χ2v) is 5.90. The molecule has 1 aromatic rings. The van der Waals surface area contributed by atoms with Crippen LogP contribution in [0.15, 0.2) is 18.2 Å². The first kappa shape index (κ1) is 16.3. The van der Waals surface area contributed by atoms with Gasteiger partial charge < -0.3 is 15.8 Å². The molecule has 0 heterocycles. The minimum Gasteiger partial charge on any atom is -0.449 e. The smallest absolute Gasteiger partial charge is 0.342 e. The molecule has 20 heavy (non-hydrogen) atoms. The molecule has 1 unspecified atom stereocenters. The minimum absolute atomic E-state index is 0.0737. The van der Waals surface area contributed by atoms with Crippen molar-refractivity contribution in [2.45, 2.75) is 39.3 Å². The predicted molar refractivity (Wildman–Crippen MR) is 78.6 cm³/mol. The van der Waals surface area contributed by atoms with Gasteiger partial charge in [0.25, 0.3) is 5.91 Å². The van der Waals surface area contributed by atoms with Crippen LogP contribution in [-0.4, -0.2) is 23.5 Å². The third-order valence-corrected chi connectivity index (χ3v) is 2.72. The molecule has 0 bridgehead atoms. The average molecular weight is 299 g/mol. The SMILES string of the molecule is CC(OC(=O)c1c(N)cccc1Cl)C(=O)NC(C)(C)C. The number of nitrogen functional groups attached to an aromatic ring is 1. The van der Waals surface area contributed by atoms with Gasteiger partial charge in [0.15, 0.2) is 6.10 Å². The Morgan fingerprint density at radius 2 is 1.95 bits per heavy atom. The fourth-order valence-electron chi connectivity index (χ4n) is 1.50. The van der Waals surface area contributed by atoms with Crippen LogP contribution >= 0.6 is 11.6 Å². The van der Waals surface area contributed by atoms with Crippen molar-refractivity contribution in [3.63, 3.8) is 0 Å². The molecular formula is C14H19ClN2O3. The maximum absolute atomic E-state index is 12.0. The van der Waals surface area contributed by atoms with Crippen molar-refractivity contribution >= 4 is 29.2 Å². The van der Waals surface area contributed by atoms with Crippen LogP contribution in [0.2, 0.25) is 5.02 Å². The Morgan fingerprint density at radius 1 is 1.35 bits per heavy atom. The Labute approximate surface area is 123 Å². The van der Waals surface area contributed by atoms with Crippen molar-refractivity contribution in [2.24, 2.45) is 0 Å². The fourth-order valence-corrected chi connectivity index (χ4v) is 1.76. The Bertz CT molecular complexity index is 503. The summed E-state index contributed by atoms with van der Waals surface area (Å²) in [6.07, 6.45) is -0.933. The molecule has 3 N–H and O–H groups in total. The lowest BCUT2D eigenvalue weighted by Crippen LogP contribution is -2.46. The molecule has 1 rings (SSSR count). The lowest BCUT2D eigenvalue weighted by atomic mass is 10.1. The first-order chi connectivity index (χ1) is 9.11. The van der Waals surface area contributed by atoms with Crippen molar-refractivity contribution < 1.29 is 14.3 Å². The first-order valence-electron chi connectivity index (χ1n) is 6.19. The molecule has 0 saturated carbocycles. The number of carbonyl (C=O) groups excluding carboxylic acids is 2. The third-order valence-electron chi connectivity index (χ3n) is 2.40. The predicted octanol–water partition coefficient (Wildman–Crippen LogP) is 2.38. The number of hydrogen-bond donors (Lipinski definition) is 2. The summed E-state index contributed by atoms with van der Waals surface area (Å²) < 4.78 is 5.09. The van der Waals surface area contributed by atoms with Crippen LogP contribution in [0.4, 0.5) is 5.69 Å². The molecule has 110 valence electrons. The van der Waals surface area contributed by atoms with E-state index in [0.717, 1.165) is 0 Å². The van der Waals surface area contributed by atoms with E-state index in [9.17, 15) is 9.59 Å². The van der Waals surface area contributed by atoms with E-state index in [0.29, 0.717) is 0 Å². The van der Waals surface area contributed by atoms with E-state index in [2.05, 4.69) is 5.32 Å². The molecule has 5 nitrogen and oxygen atoms in total. The molecule has 1 atom stereocenters. The molecule has 0 aromatic heterocycles. The number of esters is 1. The lowest BCUT2D eigenvalue weighted by Gasteiger charge is -2.23. The van der Waals surface area contributed by atoms with Crippen LogP contribution in [0.3, 0.4) is 0 Å². The van der Waals surface area contributed by atoms with Crippen LogP contribution in [0.25, 0.3) is 0 Å². The van der Waals surface area contributed by atoms with Gasteiger partial charge >= 0.3 is 5.97 Å². The molecule has 0 aliphatic heterocycles. The van der Waals surface area contributed by atoms with Gasteiger partial charge in [-0.05, 0) is 39.8 Å². The van der Waals surface area contributed by atoms with Crippen LogP contribution < -0.4 is 11.1 Å². The maximum Gasteiger partial charge on any atom is 0.342 e. The number of halogens is 1. The highest BCUT2D eigenvalue weighted by Gasteiger charge is 2.24. The molecule has 0 saturated heterocycles. The molecule has 1 aromatic carbocycles. The number of carbonyl (C=O) groups is 2. The summed E-state index contributed by atoms with van der Waals surface area (Å²) in [5.41, 5.74) is 5.58. The zero-order valence-electron chi connectivity index (χ0n) is 12.0. The van der Waals surface area contributed by atoms with Gasteiger partial charge in [0.1, 0.15) is 5.56 Å². The Morgan fingerprint density at radius 3 is 2.45 bits per heavy atom.